The fourth-order valence-corrected chi connectivity index (χ4v) is 1.40. The number of hydrogen-bond acceptors (Lipinski definition) is 3. The van der Waals surface area contributed by atoms with Gasteiger partial charge in [-0.15, -0.1) is 0 Å². The molecule has 1 aromatic heterocycles. The van der Waals surface area contributed by atoms with E-state index in [0.29, 0.717) is 0 Å². The van der Waals surface area contributed by atoms with E-state index >= 15 is 0 Å². The molecule has 0 bridgehead atoms. The predicted molar refractivity (Wildman–Crippen MR) is 43.2 cm³/mol. The van der Waals surface area contributed by atoms with Gasteiger partial charge in [0.2, 0.25) is 0 Å². The molecule has 60 valence electrons. The van der Waals surface area contributed by atoms with Crippen LogP contribution in [0.2, 0.25) is 0 Å². The van der Waals surface area contributed by atoms with Crippen molar-refractivity contribution in [1.29, 1.82) is 0 Å². The third-order valence-corrected chi connectivity index (χ3v) is 2.01. The van der Waals surface area contributed by atoms with Gasteiger partial charge in [-0.3, -0.25) is 0 Å². The molecule has 0 saturated heterocycles. The molecule has 0 saturated carbocycles. The standard InChI is InChI=1S/C7H12N4/c8-6-5-10-7-1-2-9-3-4-11(6)7/h5,9H,1-4,8H2. The van der Waals surface area contributed by atoms with Crippen LogP contribution in [-0.2, 0) is 13.0 Å². The second-order valence-electron chi connectivity index (χ2n) is 2.75. The minimum absolute atomic E-state index is 0.781. The van der Waals surface area contributed by atoms with Crippen molar-refractivity contribution in [3.63, 3.8) is 0 Å². The number of nitrogens with one attached hydrogen (secondary N) is 1. The summed E-state index contributed by atoms with van der Waals surface area (Å²) < 4.78 is 2.07. The first-order valence-corrected chi connectivity index (χ1v) is 3.88. The van der Waals surface area contributed by atoms with E-state index in [4.69, 9.17) is 5.73 Å². The minimum Gasteiger partial charge on any atom is -0.384 e. The summed E-state index contributed by atoms with van der Waals surface area (Å²) >= 11 is 0. The summed E-state index contributed by atoms with van der Waals surface area (Å²) in [5, 5.41) is 3.29. The number of hydrogen-bond donors (Lipinski definition) is 2. The molecule has 1 aliphatic heterocycles. The third-order valence-electron chi connectivity index (χ3n) is 2.01. The number of anilines is 1. The number of fused-ring (bicyclic) bond motifs is 1. The Morgan fingerprint density at radius 1 is 1.55 bits per heavy atom. The molecule has 4 heteroatoms. The van der Waals surface area contributed by atoms with Gasteiger partial charge in [-0.2, -0.15) is 0 Å². The van der Waals surface area contributed by atoms with Crippen LogP contribution in [0.5, 0.6) is 0 Å². The molecule has 3 N–H and O–H groups in total. The van der Waals surface area contributed by atoms with Crippen LogP contribution in [0.1, 0.15) is 5.82 Å². The first kappa shape index (κ1) is 6.67. The molecule has 0 aliphatic carbocycles. The van der Waals surface area contributed by atoms with Crippen molar-refractivity contribution in [3.8, 4) is 0 Å². The lowest BCUT2D eigenvalue weighted by Gasteiger charge is -2.03. The van der Waals surface area contributed by atoms with Crippen molar-refractivity contribution in [1.82, 2.24) is 14.9 Å². The maximum absolute atomic E-state index is 5.70. The summed E-state index contributed by atoms with van der Waals surface area (Å²) in [5.41, 5.74) is 5.70. The molecule has 0 fully saturated rings. The van der Waals surface area contributed by atoms with E-state index < -0.39 is 0 Å². The molecule has 0 unspecified atom stereocenters. The molecule has 11 heavy (non-hydrogen) atoms. The Morgan fingerprint density at radius 2 is 2.45 bits per heavy atom. The Kier molecular flexibility index (Phi) is 1.54. The van der Waals surface area contributed by atoms with E-state index in [1.54, 1.807) is 6.20 Å². The Labute approximate surface area is 65.4 Å². The van der Waals surface area contributed by atoms with E-state index in [2.05, 4.69) is 14.9 Å². The highest BCUT2D eigenvalue weighted by Gasteiger charge is 2.09. The zero-order chi connectivity index (χ0) is 7.68. The Balaban J connectivity index is 2.35. The fourth-order valence-electron chi connectivity index (χ4n) is 1.40. The second kappa shape index (κ2) is 2.54. The Morgan fingerprint density at radius 3 is 3.36 bits per heavy atom. The average molecular weight is 152 g/mol. The van der Waals surface area contributed by atoms with Gasteiger partial charge in [-0.05, 0) is 0 Å². The Hall–Kier alpha value is -1.03. The van der Waals surface area contributed by atoms with Gasteiger partial charge >= 0.3 is 0 Å². The van der Waals surface area contributed by atoms with E-state index in [-0.39, 0.29) is 0 Å². The van der Waals surface area contributed by atoms with Crippen LogP contribution >= 0.6 is 0 Å². The lowest BCUT2D eigenvalue weighted by molar-refractivity contribution is 0.650. The van der Waals surface area contributed by atoms with Crippen molar-refractivity contribution in [2.45, 2.75) is 13.0 Å². The molecule has 0 spiro atoms. The molecule has 0 aromatic carbocycles. The van der Waals surface area contributed by atoms with Crippen molar-refractivity contribution >= 4 is 5.82 Å². The molecule has 4 nitrogen and oxygen atoms in total. The van der Waals surface area contributed by atoms with Gasteiger partial charge in [-0.25, -0.2) is 4.98 Å². The number of nitrogen functional groups attached to an aromatic ring is 1. The van der Waals surface area contributed by atoms with Crippen LogP contribution in [-0.4, -0.2) is 22.6 Å². The molecule has 0 radical (unpaired) electrons. The molecule has 2 heterocycles. The second-order valence-corrected chi connectivity index (χ2v) is 2.75. The molecule has 2 rings (SSSR count). The lowest BCUT2D eigenvalue weighted by atomic mass is 10.4. The lowest BCUT2D eigenvalue weighted by Crippen LogP contribution is -2.17. The van der Waals surface area contributed by atoms with Crippen molar-refractivity contribution < 1.29 is 0 Å². The van der Waals surface area contributed by atoms with E-state index in [0.717, 1.165) is 37.7 Å². The SMILES string of the molecule is Nc1cnc2n1CCNCC2. The highest BCUT2D eigenvalue weighted by Crippen LogP contribution is 2.08. The van der Waals surface area contributed by atoms with Gasteiger partial charge in [0.05, 0.1) is 6.20 Å². The van der Waals surface area contributed by atoms with E-state index in [9.17, 15) is 0 Å². The van der Waals surface area contributed by atoms with Gasteiger partial charge < -0.3 is 15.6 Å². The smallest absolute Gasteiger partial charge is 0.123 e. The molecule has 0 amide bonds. The van der Waals surface area contributed by atoms with Crippen LogP contribution < -0.4 is 11.1 Å². The summed E-state index contributed by atoms with van der Waals surface area (Å²) in [6, 6.07) is 0. The number of nitrogens with zero attached hydrogens (tertiary/aromatic N) is 2. The topological polar surface area (TPSA) is 55.9 Å². The number of imidazole rings is 1. The van der Waals surface area contributed by atoms with Crippen LogP contribution in [0.3, 0.4) is 0 Å². The first-order chi connectivity index (χ1) is 5.38. The summed E-state index contributed by atoms with van der Waals surface area (Å²) in [6.07, 6.45) is 2.72. The van der Waals surface area contributed by atoms with Crippen molar-refractivity contribution in [3.05, 3.63) is 12.0 Å². The zero-order valence-corrected chi connectivity index (χ0v) is 6.38. The third kappa shape index (κ3) is 1.09. The molecular weight excluding hydrogens is 140 g/mol. The summed E-state index contributed by atoms with van der Waals surface area (Å²) in [4.78, 5) is 4.21. The van der Waals surface area contributed by atoms with Gasteiger partial charge in [0.15, 0.2) is 0 Å². The van der Waals surface area contributed by atoms with Crippen LogP contribution in [0.15, 0.2) is 6.20 Å². The van der Waals surface area contributed by atoms with E-state index in [1.165, 1.54) is 0 Å². The monoisotopic (exact) mass is 152 g/mol. The van der Waals surface area contributed by atoms with Gasteiger partial charge in [0.1, 0.15) is 11.6 Å². The highest BCUT2D eigenvalue weighted by molar-refractivity contribution is 5.28. The molecule has 1 aliphatic rings. The highest BCUT2D eigenvalue weighted by atomic mass is 15.2. The quantitative estimate of drug-likeness (QED) is 0.532. The maximum atomic E-state index is 5.70. The van der Waals surface area contributed by atoms with Crippen molar-refractivity contribution in [2.24, 2.45) is 0 Å². The maximum Gasteiger partial charge on any atom is 0.123 e. The first-order valence-electron chi connectivity index (χ1n) is 3.88. The zero-order valence-electron chi connectivity index (χ0n) is 6.38. The Bertz CT molecular complexity index is 253. The van der Waals surface area contributed by atoms with Crippen LogP contribution in [0.4, 0.5) is 5.82 Å². The van der Waals surface area contributed by atoms with Gasteiger partial charge in [-0.1, -0.05) is 0 Å². The molecule has 1 aromatic rings. The van der Waals surface area contributed by atoms with Gasteiger partial charge in [0.25, 0.3) is 0 Å². The van der Waals surface area contributed by atoms with Crippen LogP contribution in [0, 0.1) is 0 Å². The molecule has 0 atom stereocenters. The van der Waals surface area contributed by atoms with Crippen molar-refractivity contribution in [2.75, 3.05) is 18.8 Å². The van der Waals surface area contributed by atoms with E-state index in [1.807, 2.05) is 0 Å². The number of rotatable bonds is 0. The summed E-state index contributed by atoms with van der Waals surface area (Å²) in [7, 11) is 0. The normalized spacial score (nSPS) is 17.5. The molecular formula is C7H12N4. The van der Waals surface area contributed by atoms with Gasteiger partial charge in [0, 0.05) is 26.1 Å². The largest absolute Gasteiger partial charge is 0.384 e. The minimum atomic E-state index is 0.781. The summed E-state index contributed by atoms with van der Waals surface area (Å²) in [5.74, 6) is 1.89. The summed E-state index contributed by atoms with van der Waals surface area (Å²) in [6.45, 7) is 2.95. The predicted octanol–water partition coefficient (Wildman–Crippen LogP) is -0.389. The number of nitrogens with two attached hydrogens (primary N) is 1. The number of aromatic nitrogens is 2. The fraction of sp³-hybridized carbons (Fsp3) is 0.571. The van der Waals surface area contributed by atoms with Crippen LogP contribution in [0.25, 0.3) is 0 Å². The average Bonchev–Trinajstić information content (AvgIpc) is 2.25.